The maximum Gasteiger partial charge on any atom is 0.240 e. The van der Waals surface area contributed by atoms with Crippen LogP contribution in [0.4, 0.5) is 0 Å². The van der Waals surface area contributed by atoms with Crippen molar-refractivity contribution in [2.24, 2.45) is 5.73 Å². The van der Waals surface area contributed by atoms with Gasteiger partial charge in [0, 0.05) is 18.3 Å². The number of aromatic nitrogens is 2. The van der Waals surface area contributed by atoms with Crippen LogP contribution in [0.2, 0.25) is 0 Å². The summed E-state index contributed by atoms with van der Waals surface area (Å²) in [7, 11) is 0. The first-order valence-corrected chi connectivity index (χ1v) is 7.78. The number of carbonyl (C=O) groups excluding carboxylic acids is 1. The Labute approximate surface area is 142 Å². The smallest absolute Gasteiger partial charge is 0.240 e. The van der Waals surface area contributed by atoms with Gasteiger partial charge in [0.25, 0.3) is 0 Å². The Hall–Kier alpha value is -1.85. The zero-order valence-electron chi connectivity index (χ0n) is 13.1. The fourth-order valence-electron chi connectivity index (χ4n) is 2.95. The molecule has 1 fully saturated rings. The predicted octanol–water partition coefficient (Wildman–Crippen LogP) is 2.24. The summed E-state index contributed by atoms with van der Waals surface area (Å²) in [6, 6.07) is 10.2. The van der Waals surface area contributed by atoms with E-state index < -0.39 is 5.54 Å². The van der Waals surface area contributed by atoms with Gasteiger partial charge in [-0.1, -0.05) is 43.2 Å². The molecule has 1 saturated carbocycles. The van der Waals surface area contributed by atoms with Crippen molar-refractivity contribution in [1.82, 2.24) is 15.1 Å². The van der Waals surface area contributed by atoms with Gasteiger partial charge in [0.05, 0.1) is 18.3 Å². The Balaban J connectivity index is 0.00000192. The molecule has 0 spiro atoms. The third-order valence-electron chi connectivity index (χ3n) is 4.28. The number of hydrogen-bond acceptors (Lipinski definition) is 3. The van der Waals surface area contributed by atoms with Gasteiger partial charge in [-0.05, 0) is 18.4 Å². The van der Waals surface area contributed by atoms with Gasteiger partial charge in [0.2, 0.25) is 5.91 Å². The highest BCUT2D eigenvalue weighted by atomic mass is 35.5. The molecule has 0 saturated heterocycles. The molecule has 2 aromatic rings. The van der Waals surface area contributed by atoms with E-state index in [0.29, 0.717) is 6.54 Å². The minimum Gasteiger partial charge on any atom is -0.350 e. The molecule has 0 bridgehead atoms. The van der Waals surface area contributed by atoms with Gasteiger partial charge in [-0.3, -0.25) is 9.48 Å². The molecule has 0 aliphatic heterocycles. The number of halogens is 1. The third-order valence-corrected chi connectivity index (χ3v) is 4.28. The number of nitrogens with zero attached hydrogens (tertiary/aromatic N) is 2. The maximum absolute atomic E-state index is 12.2. The summed E-state index contributed by atoms with van der Waals surface area (Å²) in [5.41, 5.74) is 7.67. The van der Waals surface area contributed by atoms with E-state index in [9.17, 15) is 4.79 Å². The van der Waals surface area contributed by atoms with E-state index in [1.54, 1.807) is 6.20 Å². The van der Waals surface area contributed by atoms with E-state index >= 15 is 0 Å². The summed E-state index contributed by atoms with van der Waals surface area (Å²) in [6.45, 7) is 1.21. The first kappa shape index (κ1) is 17.5. The lowest BCUT2D eigenvalue weighted by Crippen LogP contribution is -2.51. The number of nitrogens with two attached hydrogens (primary N) is 1. The molecule has 3 N–H and O–H groups in total. The normalized spacial score (nSPS) is 15.9. The standard InChI is InChI=1S/C17H22N4O.ClH/c18-17(8-4-5-9-17)16(22)19-10-15-11-20-21(13-15)12-14-6-2-1-3-7-14;/h1-3,6-7,11,13H,4-5,8-10,12,18H2,(H,19,22);1H. The van der Waals surface area contributed by atoms with Crippen molar-refractivity contribution in [2.75, 3.05) is 0 Å². The highest BCUT2D eigenvalue weighted by molar-refractivity contribution is 5.86. The molecule has 6 heteroatoms. The van der Waals surface area contributed by atoms with Gasteiger partial charge >= 0.3 is 0 Å². The molecule has 1 aromatic carbocycles. The SMILES string of the molecule is Cl.NC1(C(=O)NCc2cnn(Cc3ccccc3)c2)CCCC1. The fourth-order valence-corrected chi connectivity index (χ4v) is 2.95. The van der Waals surface area contributed by atoms with E-state index in [0.717, 1.165) is 37.8 Å². The number of amides is 1. The molecule has 1 heterocycles. The van der Waals surface area contributed by atoms with Crippen molar-refractivity contribution in [3.63, 3.8) is 0 Å². The Kier molecular flexibility index (Phi) is 5.80. The zero-order valence-corrected chi connectivity index (χ0v) is 13.9. The summed E-state index contributed by atoms with van der Waals surface area (Å²) >= 11 is 0. The Bertz CT molecular complexity index is 635. The van der Waals surface area contributed by atoms with E-state index in [1.807, 2.05) is 29.1 Å². The summed E-state index contributed by atoms with van der Waals surface area (Å²) in [4.78, 5) is 12.2. The Morgan fingerprint density at radius 3 is 2.61 bits per heavy atom. The maximum atomic E-state index is 12.2. The van der Waals surface area contributed by atoms with Crippen molar-refractivity contribution < 1.29 is 4.79 Å². The molecule has 1 amide bonds. The highest BCUT2D eigenvalue weighted by Crippen LogP contribution is 2.27. The lowest BCUT2D eigenvalue weighted by molar-refractivity contribution is -0.126. The first-order valence-electron chi connectivity index (χ1n) is 7.78. The molecule has 1 aliphatic carbocycles. The van der Waals surface area contributed by atoms with Crippen LogP contribution in [0, 0.1) is 0 Å². The largest absolute Gasteiger partial charge is 0.350 e. The first-order chi connectivity index (χ1) is 10.7. The summed E-state index contributed by atoms with van der Waals surface area (Å²) in [5.74, 6) is -0.0409. The second kappa shape index (κ2) is 7.62. The van der Waals surface area contributed by atoms with E-state index in [4.69, 9.17) is 5.73 Å². The van der Waals surface area contributed by atoms with Gasteiger partial charge < -0.3 is 11.1 Å². The van der Waals surface area contributed by atoms with Crippen LogP contribution in [0.3, 0.4) is 0 Å². The summed E-state index contributed by atoms with van der Waals surface area (Å²) < 4.78 is 1.88. The molecule has 124 valence electrons. The van der Waals surface area contributed by atoms with Gasteiger partial charge in [-0.2, -0.15) is 5.10 Å². The quantitative estimate of drug-likeness (QED) is 0.880. The molecule has 0 radical (unpaired) electrons. The van der Waals surface area contributed by atoms with Crippen molar-refractivity contribution in [3.05, 3.63) is 53.9 Å². The molecule has 3 rings (SSSR count). The minimum absolute atomic E-state index is 0. The van der Waals surface area contributed by atoms with Crippen LogP contribution in [-0.2, 0) is 17.9 Å². The molecule has 5 nitrogen and oxygen atoms in total. The number of hydrogen-bond donors (Lipinski definition) is 2. The molecule has 0 unspecified atom stereocenters. The Morgan fingerprint density at radius 1 is 1.22 bits per heavy atom. The lowest BCUT2D eigenvalue weighted by atomic mass is 9.98. The van der Waals surface area contributed by atoms with Crippen molar-refractivity contribution in [1.29, 1.82) is 0 Å². The molecule has 23 heavy (non-hydrogen) atoms. The van der Waals surface area contributed by atoms with Crippen LogP contribution in [0.25, 0.3) is 0 Å². The van der Waals surface area contributed by atoms with Crippen LogP contribution in [0.1, 0.15) is 36.8 Å². The summed E-state index contributed by atoms with van der Waals surface area (Å²) in [5, 5.41) is 7.28. The number of nitrogens with one attached hydrogen (secondary N) is 1. The van der Waals surface area contributed by atoms with E-state index in [2.05, 4.69) is 22.5 Å². The second-order valence-electron chi connectivity index (χ2n) is 6.08. The highest BCUT2D eigenvalue weighted by Gasteiger charge is 2.36. The van der Waals surface area contributed by atoms with Crippen molar-refractivity contribution in [2.45, 2.75) is 44.3 Å². The monoisotopic (exact) mass is 334 g/mol. The number of benzene rings is 1. The topological polar surface area (TPSA) is 72.9 Å². The van der Waals surface area contributed by atoms with Crippen LogP contribution >= 0.6 is 12.4 Å². The second-order valence-corrected chi connectivity index (χ2v) is 6.08. The lowest BCUT2D eigenvalue weighted by Gasteiger charge is -2.21. The van der Waals surface area contributed by atoms with Crippen LogP contribution in [-0.4, -0.2) is 21.2 Å². The number of carbonyl (C=O) groups is 1. The molecular weight excluding hydrogens is 312 g/mol. The van der Waals surface area contributed by atoms with Gasteiger partial charge in [-0.15, -0.1) is 12.4 Å². The van der Waals surface area contributed by atoms with Crippen molar-refractivity contribution >= 4 is 18.3 Å². The molecule has 1 aliphatic rings. The van der Waals surface area contributed by atoms with Gasteiger partial charge in [0.1, 0.15) is 0 Å². The van der Waals surface area contributed by atoms with Crippen LogP contribution in [0.15, 0.2) is 42.7 Å². The average Bonchev–Trinajstić information content (AvgIpc) is 3.16. The third kappa shape index (κ3) is 4.33. The van der Waals surface area contributed by atoms with Crippen LogP contribution in [0.5, 0.6) is 0 Å². The number of rotatable bonds is 5. The van der Waals surface area contributed by atoms with E-state index in [1.165, 1.54) is 5.56 Å². The summed E-state index contributed by atoms with van der Waals surface area (Å²) in [6.07, 6.45) is 7.40. The van der Waals surface area contributed by atoms with Crippen molar-refractivity contribution in [3.8, 4) is 0 Å². The van der Waals surface area contributed by atoms with E-state index in [-0.39, 0.29) is 18.3 Å². The van der Waals surface area contributed by atoms with Gasteiger partial charge in [0.15, 0.2) is 0 Å². The molecule has 1 aromatic heterocycles. The van der Waals surface area contributed by atoms with Crippen LogP contribution < -0.4 is 11.1 Å². The average molecular weight is 335 g/mol. The fraction of sp³-hybridized carbons (Fsp3) is 0.412. The predicted molar refractivity (Wildman–Crippen MR) is 92.3 cm³/mol. The van der Waals surface area contributed by atoms with Gasteiger partial charge in [-0.25, -0.2) is 0 Å². The Morgan fingerprint density at radius 2 is 1.91 bits per heavy atom. The molecule has 0 atom stereocenters. The minimum atomic E-state index is -0.667. The molecular formula is C17H23ClN4O. The zero-order chi connectivity index (χ0) is 15.4.